The average Bonchev–Trinajstić information content (AvgIpc) is 2.61. The molecular formula is C13H22F2N2O3. The van der Waals surface area contributed by atoms with E-state index < -0.39 is 36.3 Å². The molecule has 2 heterocycles. The van der Waals surface area contributed by atoms with E-state index in [1.165, 1.54) is 4.90 Å². The number of hydrogen-bond donors (Lipinski definition) is 2. The molecule has 5 nitrogen and oxygen atoms in total. The first-order valence-corrected chi connectivity index (χ1v) is 6.91. The zero-order valence-electron chi connectivity index (χ0n) is 12.0. The van der Waals surface area contributed by atoms with Crippen LogP contribution in [-0.2, 0) is 4.74 Å². The van der Waals surface area contributed by atoms with E-state index in [-0.39, 0.29) is 6.04 Å². The summed E-state index contributed by atoms with van der Waals surface area (Å²) in [6.07, 6.45) is -3.75. The Morgan fingerprint density at radius 3 is 2.60 bits per heavy atom. The first kappa shape index (κ1) is 15.4. The summed E-state index contributed by atoms with van der Waals surface area (Å²) in [5, 5.41) is 12.5. The second-order valence-corrected chi connectivity index (χ2v) is 6.45. The molecule has 2 N–H and O–H groups in total. The Hall–Kier alpha value is -0.950. The van der Waals surface area contributed by atoms with Gasteiger partial charge in [-0.05, 0) is 33.6 Å². The van der Waals surface area contributed by atoms with E-state index in [0.717, 1.165) is 6.42 Å². The van der Waals surface area contributed by atoms with Crippen LogP contribution < -0.4 is 5.32 Å². The Bertz CT molecular complexity index is 373. The largest absolute Gasteiger partial charge is 0.444 e. The number of aliphatic hydroxyl groups excluding tert-OH is 1. The lowest BCUT2D eigenvalue weighted by molar-refractivity contribution is -0.0575. The zero-order chi connectivity index (χ0) is 15.1. The molecule has 0 spiro atoms. The number of halogens is 2. The van der Waals surface area contributed by atoms with Crippen molar-refractivity contribution in [2.75, 3.05) is 6.54 Å². The molecule has 0 unspecified atom stereocenters. The highest BCUT2D eigenvalue weighted by Crippen LogP contribution is 2.33. The first-order valence-electron chi connectivity index (χ1n) is 6.91. The van der Waals surface area contributed by atoms with Gasteiger partial charge in [0.15, 0.2) is 0 Å². The number of hydrogen-bond acceptors (Lipinski definition) is 4. The van der Waals surface area contributed by atoms with Crippen molar-refractivity contribution < 1.29 is 23.4 Å². The summed E-state index contributed by atoms with van der Waals surface area (Å²) < 4.78 is 30.8. The summed E-state index contributed by atoms with van der Waals surface area (Å²) in [5.74, 6) is 0. The van der Waals surface area contributed by atoms with Gasteiger partial charge in [-0.3, -0.25) is 4.90 Å². The van der Waals surface area contributed by atoms with Crippen LogP contribution >= 0.6 is 0 Å². The third-order valence-electron chi connectivity index (χ3n) is 3.78. The Balaban J connectivity index is 2.12. The summed E-state index contributed by atoms with van der Waals surface area (Å²) in [6.45, 7) is 5.70. The van der Waals surface area contributed by atoms with Crippen molar-refractivity contribution >= 4 is 6.09 Å². The minimum atomic E-state index is -2.83. The highest BCUT2D eigenvalue weighted by atomic mass is 19.3. The van der Waals surface area contributed by atoms with Gasteiger partial charge in [-0.2, -0.15) is 0 Å². The molecular weight excluding hydrogens is 270 g/mol. The Morgan fingerprint density at radius 2 is 2.05 bits per heavy atom. The molecule has 20 heavy (non-hydrogen) atoms. The van der Waals surface area contributed by atoms with Gasteiger partial charge in [0, 0.05) is 12.6 Å². The number of amides is 1. The van der Waals surface area contributed by atoms with Crippen LogP contribution in [0.25, 0.3) is 0 Å². The Morgan fingerprint density at radius 1 is 1.40 bits per heavy atom. The number of nitrogens with zero attached hydrogens (tertiary/aromatic N) is 1. The molecule has 2 saturated heterocycles. The van der Waals surface area contributed by atoms with E-state index in [1.54, 1.807) is 20.8 Å². The van der Waals surface area contributed by atoms with E-state index in [9.17, 15) is 18.7 Å². The van der Waals surface area contributed by atoms with Crippen LogP contribution in [0.15, 0.2) is 0 Å². The molecule has 116 valence electrons. The van der Waals surface area contributed by atoms with Crippen LogP contribution in [0.2, 0.25) is 0 Å². The van der Waals surface area contributed by atoms with Crippen molar-refractivity contribution in [2.45, 2.75) is 69.9 Å². The van der Waals surface area contributed by atoms with Gasteiger partial charge in [0.1, 0.15) is 11.7 Å². The van der Waals surface area contributed by atoms with Crippen molar-refractivity contribution in [1.29, 1.82) is 0 Å². The predicted octanol–water partition coefficient (Wildman–Crippen LogP) is 1.35. The second kappa shape index (κ2) is 5.44. The molecule has 7 heteroatoms. The van der Waals surface area contributed by atoms with Crippen LogP contribution in [0.5, 0.6) is 0 Å². The van der Waals surface area contributed by atoms with Crippen LogP contribution in [0.4, 0.5) is 13.6 Å². The fraction of sp³-hybridized carbons (Fsp3) is 0.923. The number of ether oxygens (including phenoxy) is 1. The lowest BCUT2D eigenvalue weighted by Crippen LogP contribution is -2.64. The standard InChI is InChI=1S/C13H22F2N2O3/c1-13(2,3)20-12(19)17-7-4-5-8(17)9(16-6-7)10(18)11(14)15/h7-11,16,18H,4-6H2,1-3H3/t7-,8+,9+,10+/m1/s1. The predicted molar refractivity (Wildman–Crippen MR) is 68.7 cm³/mol. The topological polar surface area (TPSA) is 61.8 Å². The summed E-state index contributed by atoms with van der Waals surface area (Å²) in [4.78, 5) is 13.7. The van der Waals surface area contributed by atoms with Crippen LogP contribution in [0.1, 0.15) is 33.6 Å². The minimum Gasteiger partial charge on any atom is -0.444 e. The summed E-state index contributed by atoms with van der Waals surface area (Å²) in [5.41, 5.74) is -0.627. The van der Waals surface area contributed by atoms with Crippen LogP contribution in [-0.4, -0.2) is 58.9 Å². The van der Waals surface area contributed by atoms with Crippen molar-refractivity contribution in [2.24, 2.45) is 0 Å². The lowest BCUT2D eigenvalue weighted by atomic mass is 9.99. The van der Waals surface area contributed by atoms with Crippen molar-refractivity contribution in [1.82, 2.24) is 10.2 Å². The van der Waals surface area contributed by atoms with E-state index in [2.05, 4.69) is 5.32 Å². The quantitative estimate of drug-likeness (QED) is 0.806. The lowest BCUT2D eigenvalue weighted by Gasteiger charge is -2.42. The SMILES string of the molecule is CC(C)(C)OC(=O)N1[C@@H]2CC[C@H]1[C@@H]([C@H](O)C(F)F)NC2. The van der Waals surface area contributed by atoms with Gasteiger partial charge in [-0.25, -0.2) is 13.6 Å². The van der Waals surface area contributed by atoms with E-state index in [0.29, 0.717) is 13.0 Å². The average molecular weight is 292 g/mol. The number of carbonyl (C=O) groups excluding carboxylic acids is 1. The molecule has 2 rings (SSSR count). The fourth-order valence-corrected chi connectivity index (χ4v) is 2.98. The number of nitrogens with one attached hydrogen (secondary N) is 1. The summed E-state index contributed by atoms with van der Waals surface area (Å²) in [7, 11) is 0. The van der Waals surface area contributed by atoms with E-state index in [4.69, 9.17) is 4.74 Å². The molecule has 1 amide bonds. The monoisotopic (exact) mass is 292 g/mol. The molecule has 2 bridgehead atoms. The van der Waals surface area contributed by atoms with Crippen molar-refractivity contribution in [3.63, 3.8) is 0 Å². The third-order valence-corrected chi connectivity index (χ3v) is 3.78. The smallest absolute Gasteiger partial charge is 0.410 e. The minimum absolute atomic E-state index is 0.0454. The van der Waals surface area contributed by atoms with Gasteiger partial charge in [0.05, 0.1) is 12.1 Å². The number of rotatable bonds is 2. The normalized spacial score (nSPS) is 31.6. The second-order valence-electron chi connectivity index (χ2n) is 6.45. The molecule has 0 aromatic carbocycles. The molecule has 0 radical (unpaired) electrons. The summed E-state index contributed by atoms with van der Waals surface area (Å²) in [6, 6.07) is -1.29. The van der Waals surface area contributed by atoms with Gasteiger partial charge in [0.2, 0.25) is 0 Å². The number of fused-ring (bicyclic) bond motifs is 2. The van der Waals surface area contributed by atoms with Crippen molar-refractivity contribution in [3.8, 4) is 0 Å². The van der Waals surface area contributed by atoms with Gasteiger partial charge in [-0.1, -0.05) is 0 Å². The van der Waals surface area contributed by atoms with Gasteiger partial charge in [-0.15, -0.1) is 0 Å². The highest BCUT2D eigenvalue weighted by Gasteiger charge is 2.49. The number of alkyl halides is 2. The summed E-state index contributed by atoms with van der Waals surface area (Å²) >= 11 is 0. The molecule has 2 aliphatic rings. The van der Waals surface area contributed by atoms with E-state index >= 15 is 0 Å². The third kappa shape index (κ3) is 3.03. The molecule has 2 aliphatic heterocycles. The van der Waals surface area contributed by atoms with Gasteiger partial charge < -0.3 is 15.2 Å². The van der Waals surface area contributed by atoms with Crippen molar-refractivity contribution in [3.05, 3.63) is 0 Å². The van der Waals surface area contributed by atoms with Gasteiger partial charge >= 0.3 is 6.09 Å². The van der Waals surface area contributed by atoms with Crippen LogP contribution in [0, 0.1) is 0 Å². The molecule has 0 saturated carbocycles. The Labute approximate surface area is 117 Å². The fourth-order valence-electron chi connectivity index (χ4n) is 2.98. The molecule has 0 aromatic heterocycles. The molecule has 2 fully saturated rings. The van der Waals surface area contributed by atoms with Crippen LogP contribution in [0.3, 0.4) is 0 Å². The number of piperazine rings is 1. The maximum absolute atomic E-state index is 12.7. The zero-order valence-corrected chi connectivity index (χ0v) is 12.0. The maximum Gasteiger partial charge on any atom is 0.410 e. The highest BCUT2D eigenvalue weighted by molar-refractivity contribution is 5.70. The molecule has 0 aromatic rings. The number of aliphatic hydroxyl groups is 1. The molecule has 0 aliphatic carbocycles. The first-order chi connectivity index (χ1) is 9.20. The van der Waals surface area contributed by atoms with E-state index in [1.807, 2.05) is 0 Å². The maximum atomic E-state index is 12.7. The molecule has 4 atom stereocenters. The van der Waals surface area contributed by atoms with Gasteiger partial charge in [0.25, 0.3) is 6.43 Å². The Kier molecular flexibility index (Phi) is 4.20. The number of carbonyl (C=O) groups is 1.